The lowest BCUT2D eigenvalue weighted by molar-refractivity contribution is -0.384. The van der Waals surface area contributed by atoms with Crippen LogP contribution in [-0.4, -0.2) is 17.3 Å². The SMILES string of the molecule is O=[N+]([O-])c1ccc(C2=C(c3ccccc3)OCCS2)cc1. The third kappa shape index (κ3) is 2.92. The lowest BCUT2D eigenvalue weighted by atomic mass is 10.1. The molecule has 106 valence electrons. The first-order chi connectivity index (χ1) is 10.3. The standard InChI is InChI=1S/C16H13NO3S/c18-17(19)14-8-6-13(7-9-14)16-15(20-10-11-21-16)12-4-2-1-3-5-12/h1-9H,10-11H2. The fourth-order valence-electron chi connectivity index (χ4n) is 2.17. The van der Waals surface area contributed by atoms with Crippen LogP contribution in [0.2, 0.25) is 0 Å². The Balaban J connectivity index is 2.04. The summed E-state index contributed by atoms with van der Waals surface area (Å²) in [5.41, 5.74) is 2.07. The van der Waals surface area contributed by atoms with Crippen LogP contribution in [0.1, 0.15) is 11.1 Å². The molecule has 0 aromatic heterocycles. The number of nitrogens with zero attached hydrogens (tertiary/aromatic N) is 1. The second kappa shape index (κ2) is 6.01. The van der Waals surface area contributed by atoms with Gasteiger partial charge in [-0.2, -0.15) is 0 Å². The molecule has 0 bridgehead atoms. The van der Waals surface area contributed by atoms with Crippen molar-refractivity contribution in [3.8, 4) is 0 Å². The van der Waals surface area contributed by atoms with Gasteiger partial charge in [-0.05, 0) is 17.7 Å². The normalized spacial score (nSPS) is 14.7. The van der Waals surface area contributed by atoms with Crippen LogP contribution < -0.4 is 0 Å². The van der Waals surface area contributed by atoms with Gasteiger partial charge in [-0.3, -0.25) is 10.1 Å². The molecule has 2 aromatic rings. The molecule has 3 rings (SSSR count). The number of benzene rings is 2. The van der Waals surface area contributed by atoms with E-state index >= 15 is 0 Å². The molecule has 0 radical (unpaired) electrons. The van der Waals surface area contributed by atoms with Crippen molar-refractivity contribution in [2.75, 3.05) is 12.4 Å². The molecule has 4 nitrogen and oxygen atoms in total. The van der Waals surface area contributed by atoms with Crippen LogP contribution in [0.4, 0.5) is 5.69 Å². The number of hydrogen-bond acceptors (Lipinski definition) is 4. The Morgan fingerprint density at radius 2 is 1.71 bits per heavy atom. The Hall–Kier alpha value is -2.27. The fraction of sp³-hybridized carbons (Fsp3) is 0.125. The van der Waals surface area contributed by atoms with Crippen LogP contribution >= 0.6 is 11.8 Å². The Morgan fingerprint density at radius 1 is 1.00 bits per heavy atom. The lowest BCUT2D eigenvalue weighted by Crippen LogP contribution is -2.05. The molecule has 5 heteroatoms. The summed E-state index contributed by atoms with van der Waals surface area (Å²) in [4.78, 5) is 11.4. The molecule has 0 saturated carbocycles. The molecular formula is C16H13NO3S. The van der Waals surface area contributed by atoms with Gasteiger partial charge in [0.15, 0.2) is 0 Å². The number of thioether (sulfide) groups is 1. The highest BCUT2D eigenvalue weighted by Gasteiger charge is 2.18. The summed E-state index contributed by atoms with van der Waals surface area (Å²) in [6.45, 7) is 0.672. The van der Waals surface area contributed by atoms with Crippen molar-refractivity contribution in [3.05, 3.63) is 75.8 Å². The highest BCUT2D eigenvalue weighted by Crippen LogP contribution is 2.39. The average molecular weight is 299 g/mol. The predicted molar refractivity (Wildman–Crippen MR) is 84.8 cm³/mol. The molecule has 0 unspecified atom stereocenters. The topological polar surface area (TPSA) is 52.4 Å². The molecule has 21 heavy (non-hydrogen) atoms. The van der Waals surface area contributed by atoms with E-state index in [1.807, 2.05) is 30.3 Å². The third-order valence-electron chi connectivity index (χ3n) is 3.16. The van der Waals surface area contributed by atoms with Gasteiger partial charge in [-0.1, -0.05) is 30.3 Å². The zero-order valence-electron chi connectivity index (χ0n) is 11.2. The molecule has 1 heterocycles. The van der Waals surface area contributed by atoms with Gasteiger partial charge >= 0.3 is 0 Å². The Labute approximate surface area is 126 Å². The number of hydrogen-bond donors (Lipinski definition) is 0. The highest BCUT2D eigenvalue weighted by molar-refractivity contribution is 8.08. The van der Waals surface area contributed by atoms with E-state index in [2.05, 4.69) is 0 Å². The number of nitro groups is 1. The van der Waals surface area contributed by atoms with Gasteiger partial charge in [0, 0.05) is 23.4 Å². The van der Waals surface area contributed by atoms with E-state index in [-0.39, 0.29) is 10.6 Å². The van der Waals surface area contributed by atoms with Crippen molar-refractivity contribution in [2.24, 2.45) is 0 Å². The Morgan fingerprint density at radius 3 is 2.38 bits per heavy atom. The smallest absolute Gasteiger partial charge is 0.269 e. The summed E-state index contributed by atoms with van der Waals surface area (Å²) in [5.74, 6) is 1.73. The molecule has 0 atom stereocenters. The summed E-state index contributed by atoms with van der Waals surface area (Å²) in [7, 11) is 0. The zero-order chi connectivity index (χ0) is 14.7. The molecule has 1 aliphatic rings. The van der Waals surface area contributed by atoms with Crippen LogP contribution in [0.5, 0.6) is 0 Å². The summed E-state index contributed by atoms with van der Waals surface area (Å²) in [6, 6.07) is 16.5. The van der Waals surface area contributed by atoms with E-state index in [1.165, 1.54) is 12.1 Å². The molecule has 0 spiro atoms. The lowest BCUT2D eigenvalue weighted by Gasteiger charge is -2.21. The first kappa shape index (κ1) is 13.7. The molecule has 0 aliphatic carbocycles. The van der Waals surface area contributed by atoms with Crippen molar-refractivity contribution >= 4 is 28.1 Å². The van der Waals surface area contributed by atoms with Crippen molar-refractivity contribution in [1.29, 1.82) is 0 Å². The maximum absolute atomic E-state index is 10.7. The van der Waals surface area contributed by atoms with Gasteiger partial charge in [0.1, 0.15) is 5.76 Å². The summed E-state index contributed by atoms with van der Waals surface area (Å²) in [5, 5.41) is 10.7. The highest BCUT2D eigenvalue weighted by atomic mass is 32.2. The van der Waals surface area contributed by atoms with Crippen molar-refractivity contribution in [2.45, 2.75) is 0 Å². The van der Waals surface area contributed by atoms with E-state index in [0.717, 1.165) is 27.5 Å². The predicted octanol–water partition coefficient (Wildman–Crippen LogP) is 4.18. The molecule has 1 aliphatic heterocycles. The maximum Gasteiger partial charge on any atom is 0.269 e. The molecule has 0 amide bonds. The molecular weight excluding hydrogens is 286 g/mol. The van der Waals surface area contributed by atoms with E-state index < -0.39 is 0 Å². The summed E-state index contributed by atoms with van der Waals surface area (Å²) in [6.07, 6.45) is 0. The largest absolute Gasteiger partial charge is 0.491 e. The monoisotopic (exact) mass is 299 g/mol. The molecule has 0 saturated heterocycles. The van der Waals surface area contributed by atoms with E-state index in [1.54, 1.807) is 23.9 Å². The minimum absolute atomic E-state index is 0.0994. The minimum atomic E-state index is -0.388. The van der Waals surface area contributed by atoms with E-state index in [9.17, 15) is 10.1 Å². The zero-order valence-corrected chi connectivity index (χ0v) is 12.0. The van der Waals surface area contributed by atoms with Crippen LogP contribution in [0.3, 0.4) is 0 Å². The average Bonchev–Trinajstić information content (AvgIpc) is 2.56. The van der Waals surface area contributed by atoms with Gasteiger partial charge < -0.3 is 4.74 Å². The minimum Gasteiger partial charge on any atom is -0.491 e. The molecule has 0 fully saturated rings. The van der Waals surface area contributed by atoms with Gasteiger partial charge in [-0.15, -0.1) is 11.8 Å². The van der Waals surface area contributed by atoms with Crippen LogP contribution in [0.15, 0.2) is 54.6 Å². The van der Waals surface area contributed by atoms with Gasteiger partial charge in [0.25, 0.3) is 5.69 Å². The van der Waals surface area contributed by atoms with Gasteiger partial charge in [0.05, 0.1) is 16.4 Å². The number of ether oxygens (including phenoxy) is 1. The van der Waals surface area contributed by atoms with E-state index in [4.69, 9.17) is 4.74 Å². The van der Waals surface area contributed by atoms with Crippen molar-refractivity contribution < 1.29 is 9.66 Å². The molecule has 2 aromatic carbocycles. The Bertz CT molecular complexity index is 680. The fourth-order valence-corrected chi connectivity index (χ4v) is 3.15. The van der Waals surface area contributed by atoms with Crippen LogP contribution in [-0.2, 0) is 4.74 Å². The van der Waals surface area contributed by atoms with Gasteiger partial charge in [0.2, 0.25) is 0 Å². The molecule has 0 N–H and O–H groups in total. The van der Waals surface area contributed by atoms with Crippen LogP contribution in [0, 0.1) is 10.1 Å². The van der Waals surface area contributed by atoms with Crippen LogP contribution in [0.25, 0.3) is 10.7 Å². The quantitative estimate of drug-likeness (QED) is 0.630. The third-order valence-corrected chi connectivity index (χ3v) is 4.24. The Kier molecular flexibility index (Phi) is 3.92. The van der Waals surface area contributed by atoms with E-state index in [0.29, 0.717) is 6.61 Å². The summed E-state index contributed by atoms with van der Waals surface area (Å²) < 4.78 is 5.83. The van der Waals surface area contributed by atoms with Crippen molar-refractivity contribution in [3.63, 3.8) is 0 Å². The van der Waals surface area contributed by atoms with Crippen molar-refractivity contribution in [1.82, 2.24) is 0 Å². The number of rotatable bonds is 3. The second-order valence-corrected chi connectivity index (χ2v) is 5.63. The summed E-state index contributed by atoms with van der Waals surface area (Å²) >= 11 is 1.72. The number of non-ortho nitro benzene ring substituents is 1. The first-order valence-electron chi connectivity index (χ1n) is 6.56. The maximum atomic E-state index is 10.7. The first-order valence-corrected chi connectivity index (χ1v) is 7.54. The van der Waals surface area contributed by atoms with Gasteiger partial charge in [-0.25, -0.2) is 0 Å². The number of nitro benzene ring substituents is 1. The second-order valence-electron chi connectivity index (χ2n) is 4.53.